The Morgan fingerprint density at radius 3 is 1.72 bits per heavy atom. The van der Waals surface area contributed by atoms with Crippen molar-refractivity contribution < 1.29 is 35.5 Å². The number of anilines is 1. The van der Waals surface area contributed by atoms with E-state index in [1.807, 2.05) is 0 Å². The van der Waals surface area contributed by atoms with Crippen LogP contribution in [0, 0.1) is 13.8 Å². The van der Waals surface area contributed by atoms with Crippen LogP contribution >= 0.6 is 11.6 Å². The Labute approximate surface area is 166 Å². The third-order valence-corrected chi connectivity index (χ3v) is 4.63. The Morgan fingerprint density at radius 1 is 0.897 bits per heavy atom. The smallest absolute Gasteiger partial charge is 0.322 e. The van der Waals surface area contributed by atoms with Crippen molar-refractivity contribution in [1.82, 2.24) is 0 Å². The molecule has 0 radical (unpaired) electrons. The largest absolute Gasteiger partial charge is 0.435 e. The van der Waals surface area contributed by atoms with Gasteiger partial charge < -0.3 is 5.32 Å². The van der Waals surface area contributed by atoms with Crippen molar-refractivity contribution in [2.45, 2.75) is 37.7 Å². The van der Waals surface area contributed by atoms with Gasteiger partial charge in [-0.05, 0) is 42.7 Å². The summed E-state index contributed by atoms with van der Waals surface area (Å²) in [4.78, 5) is 12.3. The summed E-state index contributed by atoms with van der Waals surface area (Å²) in [7, 11) is 0. The van der Waals surface area contributed by atoms with Gasteiger partial charge in [-0.2, -0.15) is 26.3 Å². The average molecular weight is 442 g/mol. The summed E-state index contributed by atoms with van der Waals surface area (Å²) in [5.74, 6) is -0.409. The Hall–Kier alpha value is -2.29. The standard InChI is InChI=1S/C19H15ClF7NO/c1-10-7-14(17(21,18(22,23)24)19(25,26)27)8-11(2)15(10)28-16(29)13-5-3-12(9-20)4-6-13/h3-8H,9H2,1-2H3,(H,28,29). The van der Waals surface area contributed by atoms with Crippen LogP contribution in [0.5, 0.6) is 0 Å². The number of hydrogen-bond donors (Lipinski definition) is 1. The predicted molar refractivity (Wildman–Crippen MR) is 94.8 cm³/mol. The molecule has 0 heterocycles. The zero-order valence-electron chi connectivity index (χ0n) is 15.1. The highest BCUT2D eigenvalue weighted by molar-refractivity contribution is 6.17. The minimum absolute atomic E-state index is 0.00753. The number of aryl methyl sites for hydroxylation is 2. The molecule has 0 unspecified atom stereocenters. The van der Waals surface area contributed by atoms with Gasteiger partial charge in [-0.3, -0.25) is 4.79 Å². The zero-order valence-corrected chi connectivity index (χ0v) is 15.9. The lowest BCUT2D eigenvalue weighted by molar-refractivity contribution is -0.348. The van der Waals surface area contributed by atoms with Gasteiger partial charge in [0.2, 0.25) is 0 Å². The predicted octanol–water partition coefficient (Wildman–Crippen LogP) is 6.58. The molecule has 0 spiro atoms. The van der Waals surface area contributed by atoms with Crippen molar-refractivity contribution in [2.24, 2.45) is 0 Å². The Morgan fingerprint density at radius 2 is 1.34 bits per heavy atom. The van der Waals surface area contributed by atoms with Gasteiger partial charge in [-0.15, -0.1) is 11.6 Å². The summed E-state index contributed by atoms with van der Waals surface area (Å²) in [6.07, 6.45) is -12.4. The number of rotatable bonds is 4. The Balaban J connectivity index is 2.44. The summed E-state index contributed by atoms with van der Waals surface area (Å²) in [6.45, 7) is 2.35. The fraction of sp³-hybridized carbons (Fsp3) is 0.316. The SMILES string of the molecule is Cc1cc(C(F)(C(F)(F)F)C(F)(F)F)cc(C)c1NC(=O)c1ccc(CCl)cc1. The molecule has 0 saturated carbocycles. The van der Waals surface area contributed by atoms with E-state index in [-0.39, 0.29) is 28.3 Å². The highest BCUT2D eigenvalue weighted by Crippen LogP contribution is 2.53. The van der Waals surface area contributed by atoms with E-state index in [1.165, 1.54) is 26.0 Å². The van der Waals surface area contributed by atoms with Gasteiger partial charge in [0.05, 0.1) is 0 Å². The maximum atomic E-state index is 14.3. The number of nitrogens with one attached hydrogen (secondary N) is 1. The molecule has 2 rings (SSSR count). The lowest BCUT2D eigenvalue weighted by Gasteiger charge is -2.31. The average Bonchev–Trinajstić information content (AvgIpc) is 2.61. The van der Waals surface area contributed by atoms with E-state index in [9.17, 15) is 35.5 Å². The van der Waals surface area contributed by atoms with Crippen LogP contribution in [-0.2, 0) is 11.5 Å². The summed E-state index contributed by atoms with van der Waals surface area (Å²) in [6, 6.07) is 6.97. The number of halogens is 8. The van der Waals surface area contributed by atoms with E-state index in [4.69, 9.17) is 11.6 Å². The summed E-state index contributed by atoms with van der Waals surface area (Å²) < 4.78 is 92.1. The van der Waals surface area contributed by atoms with Crippen LogP contribution in [0.15, 0.2) is 36.4 Å². The van der Waals surface area contributed by atoms with Crippen LogP contribution in [0.3, 0.4) is 0 Å². The van der Waals surface area contributed by atoms with Crippen LogP contribution in [0.25, 0.3) is 0 Å². The molecule has 0 atom stereocenters. The molecular formula is C19H15ClF7NO. The van der Waals surface area contributed by atoms with E-state index >= 15 is 0 Å². The molecule has 0 aliphatic carbocycles. The Kier molecular flexibility index (Phi) is 6.23. The number of hydrogen-bond acceptors (Lipinski definition) is 1. The first-order chi connectivity index (χ1) is 13.2. The maximum Gasteiger partial charge on any atom is 0.435 e. The van der Waals surface area contributed by atoms with Crippen LogP contribution in [0.1, 0.15) is 32.6 Å². The molecule has 2 aromatic rings. The van der Waals surface area contributed by atoms with Gasteiger partial charge >= 0.3 is 18.0 Å². The van der Waals surface area contributed by atoms with Gasteiger partial charge in [0.15, 0.2) is 0 Å². The van der Waals surface area contributed by atoms with Gasteiger partial charge in [-0.1, -0.05) is 24.3 Å². The topological polar surface area (TPSA) is 29.1 Å². The zero-order chi connectivity index (χ0) is 22.2. The first-order valence-corrected chi connectivity index (χ1v) is 8.66. The quantitative estimate of drug-likeness (QED) is 0.421. The van der Waals surface area contributed by atoms with Gasteiger partial charge in [0.25, 0.3) is 5.91 Å². The molecule has 0 aromatic heterocycles. The van der Waals surface area contributed by atoms with Crippen molar-refractivity contribution in [3.8, 4) is 0 Å². The molecule has 1 N–H and O–H groups in total. The van der Waals surface area contributed by atoms with E-state index < -0.39 is 29.5 Å². The Bertz CT molecular complexity index is 867. The highest BCUT2D eigenvalue weighted by atomic mass is 35.5. The normalized spacial score (nSPS) is 12.8. The first-order valence-electron chi connectivity index (χ1n) is 8.12. The van der Waals surface area contributed by atoms with Crippen molar-refractivity contribution in [3.63, 3.8) is 0 Å². The van der Waals surface area contributed by atoms with Crippen molar-refractivity contribution in [2.75, 3.05) is 5.32 Å². The fourth-order valence-corrected chi connectivity index (χ4v) is 2.96. The van der Waals surface area contributed by atoms with E-state index in [1.54, 1.807) is 12.1 Å². The molecule has 0 saturated heterocycles. The number of carbonyl (C=O) groups is 1. The number of amides is 1. The first kappa shape index (κ1) is 23.0. The van der Waals surface area contributed by atoms with Crippen LogP contribution in [0.4, 0.5) is 36.4 Å². The van der Waals surface area contributed by atoms with Crippen molar-refractivity contribution >= 4 is 23.2 Å². The van der Waals surface area contributed by atoms with Gasteiger partial charge in [0.1, 0.15) is 0 Å². The maximum absolute atomic E-state index is 14.3. The summed E-state index contributed by atoms with van der Waals surface area (Å²) >= 11 is 5.65. The fourth-order valence-electron chi connectivity index (χ4n) is 2.78. The second kappa shape index (κ2) is 7.85. The molecule has 0 bridgehead atoms. The second-order valence-electron chi connectivity index (χ2n) is 6.42. The number of alkyl halides is 8. The van der Waals surface area contributed by atoms with Crippen LogP contribution in [0.2, 0.25) is 0 Å². The molecular weight excluding hydrogens is 427 g/mol. The molecule has 29 heavy (non-hydrogen) atoms. The number of benzene rings is 2. The van der Waals surface area contributed by atoms with Crippen LogP contribution < -0.4 is 5.32 Å². The molecule has 1 amide bonds. The van der Waals surface area contributed by atoms with Crippen molar-refractivity contribution in [3.05, 3.63) is 64.2 Å². The molecule has 0 fully saturated rings. The second-order valence-corrected chi connectivity index (χ2v) is 6.69. The molecule has 0 aliphatic rings. The summed E-state index contributed by atoms with van der Waals surface area (Å²) in [5, 5.41) is 2.43. The third-order valence-electron chi connectivity index (χ3n) is 4.32. The van der Waals surface area contributed by atoms with E-state index in [0.29, 0.717) is 12.1 Å². The highest BCUT2D eigenvalue weighted by Gasteiger charge is 2.73. The lowest BCUT2D eigenvalue weighted by atomic mass is 9.90. The lowest BCUT2D eigenvalue weighted by Crippen LogP contribution is -2.50. The minimum atomic E-state index is -6.21. The molecule has 0 aliphatic heterocycles. The molecule has 158 valence electrons. The van der Waals surface area contributed by atoms with Gasteiger partial charge in [0, 0.05) is 22.7 Å². The summed E-state index contributed by atoms with van der Waals surface area (Å²) in [5.41, 5.74) is -6.49. The van der Waals surface area contributed by atoms with Crippen molar-refractivity contribution in [1.29, 1.82) is 0 Å². The molecule has 10 heteroatoms. The van der Waals surface area contributed by atoms with Gasteiger partial charge in [-0.25, -0.2) is 4.39 Å². The van der Waals surface area contributed by atoms with Crippen LogP contribution in [-0.4, -0.2) is 18.3 Å². The minimum Gasteiger partial charge on any atom is -0.322 e. The molecule has 2 aromatic carbocycles. The van der Waals surface area contributed by atoms with E-state index in [0.717, 1.165) is 5.56 Å². The number of carbonyl (C=O) groups excluding carboxylic acids is 1. The molecule has 2 nitrogen and oxygen atoms in total. The monoisotopic (exact) mass is 441 g/mol. The third kappa shape index (κ3) is 4.34. The van der Waals surface area contributed by atoms with E-state index in [2.05, 4.69) is 5.32 Å².